The van der Waals surface area contributed by atoms with Crippen LogP contribution in [0.2, 0.25) is 0 Å². The molecule has 3 N–H and O–H groups in total. The average Bonchev–Trinajstić information content (AvgIpc) is 2.48. The Morgan fingerprint density at radius 3 is 2.90 bits per heavy atom. The van der Waals surface area contributed by atoms with Crippen molar-refractivity contribution in [3.05, 3.63) is 24.0 Å². The van der Waals surface area contributed by atoms with Crippen LogP contribution in [0.25, 0.3) is 0 Å². The molecule has 1 fully saturated rings. The second kappa shape index (κ2) is 8.24. The van der Waals surface area contributed by atoms with E-state index >= 15 is 0 Å². The van der Waals surface area contributed by atoms with Crippen molar-refractivity contribution in [1.29, 1.82) is 0 Å². The van der Waals surface area contributed by atoms with Crippen LogP contribution in [0.5, 0.6) is 0 Å². The Hall–Kier alpha value is -1.27. The third-order valence-corrected chi connectivity index (χ3v) is 4.82. The van der Waals surface area contributed by atoms with Crippen LogP contribution in [0, 0.1) is 5.82 Å². The van der Waals surface area contributed by atoms with Gasteiger partial charge >= 0.3 is 0 Å². The summed E-state index contributed by atoms with van der Waals surface area (Å²) in [4.78, 5) is 11.8. The van der Waals surface area contributed by atoms with Gasteiger partial charge in [0.15, 0.2) is 0 Å². The number of thioether (sulfide) groups is 1. The van der Waals surface area contributed by atoms with Crippen molar-refractivity contribution in [2.24, 2.45) is 0 Å². The monoisotopic (exact) mass is 312 g/mol. The van der Waals surface area contributed by atoms with E-state index in [-0.39, 0.29) is 11.6 Å². The molecule has 1 aliphatic heterocycles. The first-order valence-electron chi connectivity index (χ1n) is 7.19. The van der Waals surface area contributed by atoms with Crippen LogP contribution < -0.4 is 11.1 Å². The molecule has 0 saturated carbocycles. The molecule has 4 nitrogen and oxygen atoms in total. The van der Waals surface area contributed by atoms with E-state index in [1.807, 2.05) is 11.8 Å². The number of carbonyl (C=O) groups is 1. The van der Waals surface area contributed by atoms with Crippen molar-refractivity contribution >= 4 is 29.0 Å². The number of anilines is 2. The summed E-state index contributed by atoms with van der Waals surface area (Å²) in [5.74, 6) is 0.482. The van der Waals surface area contributed by atoms with E-state index in [1.165, 1.54) is 18.2 Å². The number of amides is 1. The van der Waals surface area contributed by atoms with Crippen LogP contribution in [0.1, 0.15) is 25.7 Å². The van der Waals surface area contributed by atoms with E-state index in [0.717, 1.165) is 38.2 Å². The van der Waals surface area contributed by atoms with E-state index in [4.69, 9.17) is 10.5 Å². The smallest absolute Gasteiger partial charge is 0.224 e. The number of benzene rings is 1. The van der Waals surface area contributed by atoms with Gasteiger partial charge in [-0.25, -0.2) is 4.39 Å². The fourth-order valence-electron chi connectivity index (χ4n) is 2.19. The normalized spacial score (nSPS) is 15.9. The molecule has 1 aromatic carbocycles. The molecule has 0 aromatic heterocycles. The zero-order chi connectivity index (χ0) is 15.1. The largest absolute Gasteiger partial charge is 0.397 e. The maximum absolute atomic E-state index is 12.9. The number of hydrogen-bond acceptors (Lipinski definition) is 4. The number of nitrogens with two attached hydrogens (primary N) is 1. The number of hydrogen-bond donors (Lipinski definition) is 2. The summed E-state index contributed by atoms with van der Waals surface area (Å²) in [7, 11) is 0. The minimum Gasteiger partial charge on any atom is -0.397 e. The van der Waals surface area contributed by atoms with Gasteiger partial charge in [0, 0.05) is 24.9 Å². The van der Waals surface area contributed by atoms with Crippen LogP contribution >= 0.6 is 11.8 Å². The van der Waals surface area contributed by atoms with Gasteiger partial charge < -0.3 is 15.8 Å². The Labute approximate surface area is 128 Å². The molecule has 0 bridgehead atoms. The third-order valence-electron chi connectivity index (χ3n) is 3.36. The van der Waals surface area contributed by atoms with Gasteiger partial charge in [-0.15, -0.1) is 0 Å². The number of nitrogens with one attached hydrogen (secondary N) is 1. The van der Waals surface area contributed by atoms with E-state index in [1.54, 1.807) is 0 Å². The lowest BCUT2D eigenvalue weighted by molar-refractivity contribution is -0.116. The SMILES string of the molecule is Nc1cc(F)ccc1NC(=O)CCCSC1CCOCC1. The number of ether oxygens (including phenoxy) is 1. The van der Waals surface area contributed by atoms with Crippen LogP contribution in [-0.2, 0) is 9.53 Å². The standard InChI is InChI=1S/C15H21FN2O2S/c16-11-3-4-14(13(17)10-11)18-15(19)2-1-9-21-12-5-7-20-8-6-12/h3-4,10,12H,1-2,5-9,17H2,(H,18,19). The van der Waals surface area contributed by atoms with Crippen molar-refractivity contribution in [2.75, 3.05) is 30.0 Å². The molecule has 116 valence electrons. The van der Waals surface area contributed by atoms with E-state index < -0.39 is 5.82 Å². The molecule has 6 heteroatoms. The topological polar surface area (TPSA) is 64.3 Å². The molecule has 1 saturated heterocycles. The van der Waals surface area contributed by atoms with Crippen molar-refractivity contribution in [2.45, 2.75) is 30.9 Å². The first kappa shape index (κ1) is 16.1. The molecular formula is C15H21FN2O2S. The number of nitrogen functional groups attached to an aromatic ring is 1. The Kier molecular flexibility index (Phi) is 6.32. The van der Waals surface area contributed by atoms with Gasteiger partial charge in [-0.1, -0.05) is 0 Å². The highest BCUT2D eigenvalue weighted by Crippen LogP contribution is 2.23. The molecule has 0 unspecified atom stereocenters. The predicted octanol–water partition coefficient (Wildman–Crippen LogP) is 3.04. The molecule has 0 aliphatic carbocycles. The fourth-order valence-corrected chi connectivity index (χ4v) is 3.36. The Balaban J connectivity index is 1.65. The molecule has 1 aromatic rings. The quantitative estimate of drug-likeness (QED) is 0.626. The zero-order valence-corrected chi connectivity index (χ0v) is 12.8. The third kappa shape index (κ3) is 5.55. The van der Waals surface area contributed by atoms with Crippen LogP contribution in [0.4, 0.5) is 15.8 Å². The van der Waals surface area contributed by atoms with Crippen molar-refractivity contribution in [1.82, 2.24) is 0 Å². The maximum atomic E-state index is 12.9. The summed E-state index contributed by atoms with van der Waals surface area (Å²) in [6.45, 7) is 1.70. The maximum Gasteiger partial charge on any atom is 0.224 e. The van der Waals surface area contributed by atoms with E-state index in [2.05, 4.69) is 5.32 Å². The zero-order valence-electron chi connectivity index (χ0n) is 11.9. The van der Waals surface area contributed by atoms with Gasteiger partial charge in [-0.3, -0.25) is 4.79 Å². The summed E-state index contributed by atoms with van der Waals surface area (Å²) < 4.78 is 18.2. The molecule has 0 atom stereocenters. The van der Waals surface area contributed by atoms with Gasteiger partial charge in [0.25, 0.3) is 0 Å². The molecule has 21 heavy (non-hydrogen) atoms. The van der Waals surface area contributed by atoms with Crippen LogP contribution in [0.15, 0.2) is 18.2 Å². The van der Waals surface area contributed by atoms with Gasteiger partial charge in [0.05, 0.1) is 11.4 Å². The highest BCUT2D eigenvalue weighted by atomic mass is 32.2. The molecule has 1 heterocycles. The highest BCUT2D eigenvalue weighted by Gasteiger charge is 2.14. The first-order chi connectivity index (χ1) is 10.1. The summed E-state index contributed by atoms with van der Waals surface area (Å²) in [6, 6.07) is 3.98. The number of halogens is 1. The van der Waals surface area contributed by atoms with E-state index in [9.17, 15) is 9.18 Å². The van der Waals surface area contributed by atoms with Gasteiger partial charge in [-0.2, -0.15) is 11.8 Å². The molecular weight excluding hydrogens is 291 g/mol. The molecule has 0 radical (unpaired) electrons. The van der Waals surface area contributed by atoms with Crippen molar-refractivity contribution in [3.63, 3.8) is 0 Å². The minimum absolute atomic E-state index is 0.0825. The lowest BCUT2D eigenvalue weighted by atomic mass is 10.2. The second-order valence-electron chi connectivity index (χ2n) is 5.07. The summed E-state index contributed by atoms with van der Waals surface area (Å²) in [5.41, 5.74) is 6.37. The molecule has 1 aliphatic rings. The summed E-state index contributed by atoms with van der Waals surface area (Å²) in [6.07, 6.45) is 3.48. The Morgan fingerprint density at radius 2 is 2.19 bits per heavy atom. The summed E-state index contributed by atoms with van der Waals surface area (Å²) in [5, 5.41) is 3.38. The average molecular weight is 312 g/mol. The lowest BCUT2D eigenvalue weighted by Crippen LogP contribution is -2.18. The summed E-state index contributed by atoms with van der Waals surface area (Å²) >= 11 is 1.92. The van der Waals surface area contributed by atoms with Gasteiger partial charge in [0.1, 0.15) is 5.82 Å². The van der Waals surface area contributed by atoms with Crippen LogP contribution in [-0.4, -0.2) is 30.1 Å². The Morgan fingerprint density at radius 1 is 1.43 bits per heavy atom. The number of carbonyl (C=O) groups excluding carboxylic acids is 1. The molecule has 0 spiro atoms. The van der Waals surface area contributed by atoms with Crippen LogP contribution in [0.3, 0.4) is 0 Å². The fraction of sp³-hybridized carbons (Fsp3) is 0.533. The van der Waals surface area contributed by atoms with Crippen molar-refractivity contribution in [3.8, 4) is 0 Å². The van der Waals surface area contributed by atoms with Gasteiger partial charge in [0.2, 0.25) is 5.91 Å². The second-order valence-corrected chi connectivity index (χ2v) is 6.47. The first-order valence-corrected chi connectivity index (χ1v) is 8.24. The lowest BCUT2D eigenvalue weighted by Gasteiger charge is -2.21. The number of rotatable bonds is 6. The Bertz CT molecular complexity index is 479. The highest BCUT2D eigenvalue weighted by molar-refractivity contribution is 7.99. The minimum atomic E-state index is -0.404. The van der Waals surface area contributed by atoms with E-state index in [0.29, 0.717) is 17.4 Å². The predicted molar refractivity (Wildman–Crippen MR) is 85.0 cm³/mol. The van der Waals surface area contributed by atoms with Crippen molar-refractivity contribution < 1.29 is 13.9 Å². The van der Waals surface area contributed by atoms with Gasteiger partial charge in [-0.05, 0) is 43.2 Å². The molecule has 2 rings (SSSR count). The molecule has 1 amide bonds.